The molecule has 2 atom stereocenters. The van der Waals surface area contributed by atoms with E-state index in [9.17, 15) is 9.59 Å². The lowest BCUT2D eigenvalue weighted by molar-refractivity contribution is -0.145. The zero-order chi connectivity index (χ0) is 14.7. The highest BCUT2D eigenvalue weighted by Gasteiger charge is 2.38. The fourth-order valence-electron chi connectivity index (χ4n) is 2.50. The fraction of sp³-hybridized carbons (Fsp3) is 0.692. The van der Waals surface area contributed by atoms with Crippen LogP contribution in [0.3, 0.4) is 0 Å². The summed E-state index contributed by atoms with van der Waals surface area (Å²) in [7, 11) is 0. The first-order valence-electron chi connectivity index (χ1n) is 6.83. The summed E-state index contributed by atoms with van der Waals surface area (Å²) in [6, 6.07) is 0. The van der Waals surface area contributed by atoms with E-state index in [-0.39, 0.29) is 5.91 Å². The van der Waals surface area contributed by atoms with Crippen molar-refractivity contribution in [3.63, 3.8) is 0 Å². The quantitative estimate of drug-likeness (QED) is 0.869. The van der Waals surface area contributed by atoms with Gasteiger partial charge in [-0.2, -0.15) is 0 Å². The summed E-state index contributed by atoms with van der Waals surface area (Å²) in [6.45, 7) is 4.19. The standard InChI is InChI=1S/C13H19N3O3S/c1-7(2)6-10-15-16-13(20-10)14-11(17)8-4-3-5-9(8)12(18)19/h7-9H,3-6H2,1-2H3,(H,18,19)(H,14,16,17)/t8-,9+/m1/s1. The van der Waals surface area contributed by atoms with Crippen LogP contribution in [0.1, 0.15) is 38.1 Å². The van der Waals surface area contributed by atoms with E-state index in [0.29, 0.717) is 23.9 Å². The lowest BCUT2D eigenvalue weighted by Crippen LogP contribution is -2.29. The molecular weight excluding hydrogens is 278 g/mol. The summed E-state index contributed by atoms with van der Waals surface area (Å²) in [5.41, 5.74) is 0. The van der Waals surface area contributed by atoms with Crippen molar-refractivity contribution in [1.29, 1.82) is 0 Å². The molecule has 1 aromatic heterocycles. The molecule has 7 heteroatoms. The molecule has 1 amide bonds. The zero-order valence-electron chi connectivity index (χ0n) is 11.6. The molecule has 110 valence electrons. The molecule has 0 aromatic carbocycles. The largest absolute Gasteiger partial charge is 0.481 e. The number of nitrogens with zero attached hydrogens (tertiary/aromatic N) is 2. The second-order valence-corrected chi connectivity index (χ2v) is 6.63. The first-order chi connectivity index (χ1) is 9.47. The van der Waals surface area contributed by atoms with E-state index >= 15 is 0 Å². The Hall–Kier alpha value is -1.50. The molecular formula is C13H19N3O3S. The Morgan fingerprint density at radius 3 is 2.70 bits per heavy atom. The van der Waals surface area contributed by atoms with Crippen LogP contribution in [0.2, 0.25) is 0 Å². The molecule has 20 heavy (non-hydrogen) atoms. The Morgan fingerprint density at radius 2 is 2.05 bits per heavy atom. The smallest absolute Gasteiger partial charge is 0.307 e. The first kappa shape index (κ1) is 14.9. The van der Waals surface area contributed by atoms with Crippen LogP contribution in [-0.2, 0) is 16.0 Å². The number of nitrogens with one attached hydrogen (secondary N) is 1. The highest BCUT2D eigenvalue weighted by Crippen LogP contribution is 2.33. The van der Waals surface area contributed by atoms with Crippen molar-refractivity contribution in [2.75, 3.05) is 5.32 Å². The third-order valence-electron chi connectivity index (χ3n) is 3.45. The maximum absolute atomic E-state index is 12.1. The average molecular weight is 297 g/mol. The van der Waals surface area contributed by atoms with Crippen LogP contribution in [-0.4, -0.2) is 27.2 Å². The predicted molar refractivity (Wildman–Crippen MR) is 75.5 cm³/mol. The van der Waals surface area contributed by atoms with E-state index in [0.717, 1.165) is 17.8 Å². The van der Waals surface area contributed by atoms with Gasteiger partial charge in [-0.15, -0.1) is 10.2 Å². The van der Waals surface area contributed by atoms with Crippen LogP contribution < -0.4 is 5.32 Å². The van der Waals surface area contributed by atoms with Crippen LogP contribution in [0.15, 0.2) is 0 Å². The molecule has 0 spiro atoms. The van der Waals surface area contributed by atoms with Crippen molar-refractivity contribution in [3.05, 3.63) is 5.01 Å². The van der Waals surface area contributed by atoms with E-state index in [1.165, 1.54) is 11.3 Å². The lowest BCUT2D eigenvalue weighted by atomic mass is 9.95. The molecule has 1 aliphatic rings. The topological polar surface area (TPSA) is 92.2 Å². The van der Waals surface area contributed by atoms with E-state index in [1.54, 1.807) is 0 Å². The number of carboxylic acids is 1. The molecule has 1 heterocycles. The van der Waals surface area contributed by atoms with Gasteiger partial charge >= 0.3 is 5.97 Å². The summed E-state index contributed by atoms with van der Waals surface area (Å²) in [6.07, 6.45) is 2.81. The molecule has 1 aromatic rings. The molecule has 2 N–H and O–H groups in total. The van der Waals surface area contributed by atoms with E-state index < -0.39 is 17.8 Å². The second-order valence-electron chi connectivity index (χ2n) is 5.57. The summed E-state index contributed by atoms with van der Waals surface area (Å²) >= 11 is 1.36. The van der Waals surface area contributed by atoms with Gasteiger partial charge < -0.3 is 10.4 Å². The number of rotatable bonds is 5. The molecule has 2 rings (SSSR count). The molecule has 0 radical (unpaired) electrons. The van der Waals surface area contributed by atoms with E-state index in [2.05, 4.69) is 29.4 Å². The third-order valence-corrected chi connectivity index (χ3v) is 4.31. The van der Waals surface area contributed by atoms with Crippen LogP contribution >= 0.6 is 11.3 Å². The normalized spacial score (nSPS) is 22.1. The summed E-state index contributed by atoms with van der Waals surface area (Å²) in [5.74, 6) is -1.68. The van der Waals surface area contributed by atoms with Gasteiger partial charge in [0.15, 0.2) is 0 Å². The lowest BCUT2D eigenvalue weighted by Gasteiger charge is -2.13. The fourth-order valence-corrected chi connectivity index (χ4v) is 3.46. The van der Waals surface area contributed by atoms with Crippen molar-refractivity contribution >= 4 is 28.3 Å². The first-order valence-corrected chi connectivity index (χ1v) is 7.65. The zero-order valence-corrected chi connectivity index (χ0v) is 12.4. The summed E-state index contributed by atoms with van der Waals surface area (Å²) < 4.78 is 0. The van der Waals surface area contributed by atoms with Crippen LogP contribution in [0.4, 0.5) is 5.13 Å². The molecule has 6 nitrogen and oxygen atoms in total. The second kappa shape index (κ2) is 6.30. The number of aliphatic carboxylic acids is 1. The van der Waals surface area contributed by atoms with Gasteiger partial charge in [0.25, 0.3) is 0 Å². The Balaban J connectivity index is 1.97. The van der Waals surface area contributed by atoms with Gasteiger partial charge in [-0.05, 0) is 18.8 Å². The Labute approximate surface area is 121 Å². The van der Waals surface area contributed by atoms with Gasteiger partial charge in [-0.3, -0.25) is 9.59 Å². The number of carboxylic acid groups (broad SMARTS) is 1. The molecule has 1 fully saturated rings. The summed E-state index contributed by atoms with van der Waals surface area (Å²) in [4.78, 5) is 23.2. The SMILES string of the molecule is CC(C)Cc1nnc(NC(=O)[C@@H]2CCC[C@@H]2C(=O)O)s1. The third kappa shape index (κ3) is 3.53. The number of hydrogen-bond donors (Lipinski definition) is 2. The Kier molecular flexibility index (Phi) is 4.69. The maximum Gasteiger partial charge on any atom is 0.307 e. The monoisotopic (exact) mass is 297 g/mol. The molecule has 0 bridgehead atoms. The van der Waals surface area contributed by atoms with Crippen molar-refractivity contribution in [2.45, 2.75) is 39.5 Å². The van der Waals surface area contributed by atoms with Crippen molar-refractivity contribution in [2.24, 2.45) is 17.8 Å². The number of aromatic nitrogens is 2. The average Bonchev–Trinajstić information content (AvgIpc) is 2.96. The van der Waals surface area contributed by atoms with E-state index in [1.807, 2.05) is 0 Å². The Bertz CT molecular complexity index is 501. The molecule has 0 aliphatic heterocycles. The number of carbonyl (C=O) groups excluding carboxylic acids is 1. The van der Waals surface area contributed by atoms with Gasteiger partial charge in [-0.25, -0.2) is 0 Å². The highest BCUT2D eigenvalue weighted by molar-refractivity contribution is 7.15. The van der Waals surface area contributed by atoms with Crippen molar-refractivity contribution in [3.8, 4) is 0 Å². The summed E-state index contributed by atoms with van der Waals surface area (Å²) in [5, 5.41) is 21.1. The van der Waals surface area contributed by atoms with E-state index in [4.69, 9.17) is 5.11 Å². The minimum Gasteiger partial charge on any atom is -0.481 e. The molecule has 0 saturated heterocycles. The molecule has 1 saturated carbocycles. The van der Waals surface area contributed by atoms with Gasteiger partial charge in [0, 0.05) is 6.42 Å². The Morgan fingerprint density at radius 1 is 1.35 bits per heavy atom. The van der Waals surface area contributed by atoms with Gasteiger partial charge in [0.05, 0.1) is 11.8 Å². The number of hydrogen-bond acceptors (Lipinski definition) is 5. The van der Waals surface area contributed by atoms with Gasteiger partial charge in [0.1, 0.15) is 5.01 Å². The minimum absolute atomic E-state index is 0.248. The molecule has 0 unspecified atom stereocenters. The van der Waals surface area contributed by atoms with Crippen molar-refractivity contribution in [1.82, 2.24) is 10.2 Å². The van der Waals surface area contributed by atoms with Crippen LogP contribution in [0, 0.1) is 17.8 Å². The van der Waals surface area contributed by atoms with Crippen molar-refractivity contribution < 1.29 is 14.7 Å². The maximum atomic E-state index is 12.1. The van der Waals surface area contributed by atoms with Gasteiger partial charge in [0.2, 0.25) is 11.0 Å². The van der Waals surface area contributed by atoms with Crippen LogP contribution in [0.25, 0.3) is 0 Å². The number of amides is 1. The van der Waals surface area contributed by atoms with Crippen LogP contribution in [0.5, 0.6) is 0 Å². The minimum atomic E-state index is -0.889. The predicted octanol–water partition coefficient (Wildman–Crippen LogP) is 2.18. The number of carbonyl (C=O) groups is 2. The highest BCUT2D eigenvalue weighted by atomic mass is 32.1. The molecule has 1 aliphatic carbocycles. The van der Waals surface area contributed by atoms with Gasteiger partial charge in [-0.1, -0.05) is 31.6 Å². The number of anilines is 1.